The smallest absolute Gasteiger partial charge is 0.319 e. The second kappa shape index (κ2) is 4.55. The van der Waals surface area contributed by atoms with Gasteiger partial charge in [0, 0.05) is 26.7 Å². The Morgan fingerprint density at radius 3 is 2.47 bits per heavy atom. The minimum Gasteiger partial charge on any atom is -0.481 e. The first-order valence-corrected chi connectivity index (χ1v) is 6.22. The second-order valence-corrected chi connectivity index (χ2v) is 5.43. The summed E-state index contributed by atoms with van der Waals surface area (Å²) in [6.07, 6.45) is 2.43. The van der Waals surface area contributed by atoms with E-state index in [1.54, 1.807) is 16.8 Å². The van der Waals surface area contributed by atoms with E-state index in [4.69, 9.17) is 5.11 Å². The molecule has 0 radical (unpaired) electrons. The average Bonchev–Trinajstić information content (AvgIpc) is 2.97. The molecule has 1 N–H and O–H groups in total. The molecular formula is C12H20N2O3. The highest BCUT2D eigenvalue weighted by Crippen LogP contribution is 2.30. The van der Waals surface area contributed by atoms with E-state index in [0.717, 1.165) is 6.54 Å². The number of aliphatic carboxylic acids is 1. The Hall–Kier alpha value is -1.26. The molecule has 0 bridgehead atoms. The highest BCUT2D eigenvalue weighted by Gasteiger charge is 2.38. The molecule has 0 aromatic rings. The predicted molar refractivity (Wildman–Crippen MR) is 62.6 cm³/mol. The number of likely N-dealkylation sites (tertiary alicyclic amines) is 1. The first-order valence-electron chi connectivity index (χ1n) is 6.22. The normalized spacial score (nSPS) is 28.2. The van der Waals surface area contributed by atoms with Gasteiger partial charge in [-0.05, 0) is 24.7 Å². The van der Waals surface area contributed by atoms with Crippen molar-refractivity contribution in [3.63, 3.8) is 0 Å². The van der Waals surface area contributed by atoms with Crippen molar-refractivity contribution in [2.24, 2.45) is 17.8 Å². The van der Waals surface area contributed by atoms with Crippen LogP contribution < -0.4 is 0 Å². The fourth-order valence-electron chi connectivity index (χ4n) is 2.45. The zero-order valence-electron chi connectivity index (χ0n) is 10.4. The molecule has 0 aromatic carbocycles. The van der Waals surface area contributed by atoms with Crippen molar-refractivity contribution in [2.45, 2.75) is 19.8 Å². The summed E-state index contributed by atoms with van der Waals surface area (Å²) in [6, 6.07) is -0.0208. The average molecular weight is 240 g/mol. The number of hydrogen-bond acceptors (Lipinski definition) is 2. The van der Waals surface area contributed by atoms with E-state index < -0.39 is 11.9 Å². The van der Waals surface area contributed by atoms with Gasteiger partial charge < -0.3 is 14.9 Å². The van der Waals surface area contributed by atoms with Gasteiger partial charge in [0.15, 0.2) is 0 Å². The molecular weight excluding hydrogens is 220 g/mol. The van der Waals surface area contributed by atoms with E-state index in [0.29, 0.717) is 19.0 Å². The topological polar surface area (TPSA) is 60.9 Å². The van der Waals surface area contributed by atoms with Gasteiger partial charge in [-0.1, -0.05) is 6.92 Å². The number of urea groups is 1. The molecule has 2 amide bonds. The summed E-state index contributed by atoms with van der Waals surface area (Å²) < 4.78 is 0. The molecule has 17 heavy (non-hydrogen) atoms. The van der Waals surface area contributed by atoms with Crippen molar-refractivity contribution >= 4 is 12.0 Å². The maximum absolute atomic E-state index is 12.1. The number of carboxylic acid groups (broad SMARTS) is 1. The van der Waals surface area contributed by atoms with Crippen molar-refractivity contribution < 1.29 is 14.7 Å². The standard InChI is InChI=1S/C12H20N2O3/c1-8-5-14(7-10(8)11(15)16)12(17)13(2)6-9-3-4-9/h8-10H,3-7H2,1-2H3,(H,15,16). The molecule has 2 aliphatic rings. The number of rotatable bonds is 3. The van der Waals surface area contributed by atoms with Gasteiger partial charge >= 0.3 is 12.0 Å². The number of carbonyl (C=O) groups is 2. The summed E-state index contributed by atoms with van der Waals surface area (Å²) in [6.45, 7) is 3.61. The van der Waals surface area contributed by atoms with Crippen LogP contribution in [0.5, 0.6) is 0 Å². The highest BCUT2D eigenvalue weighted by molar-refractivity contribution is 5.77. The first-order chi connectivity index (χ1) is 7.99. The van der Waals surface area contributed by atoms with Crippen LogP contribution in [-0.2, 0) is 4.79 Å². The van der Waals surface area contributed by atoms with Crippen LogP contribution in [0.4, 0.5) is 4.79 Å². The van der Waals surface area contributed by atoms with Crippen LogP contribution in [0.15, 0.2) is 0 Å². The fraction of sp³-hybridized carbons (Fsp3) is 0.833. The van der Waals surface area contributed by atoms with E-state index in [2.05, 4.69) is 0 Å². The summed E-state index contributed by atoms with van der Waals surface area (Å²) in [5.74, 6) is -0.490. The summed E-state index contributed by atoms with van der Waals surface area (Å²) in [5, 5.41) is 9.03. The Labute approximate surface area is 101 Å². The lowest BCUT2D eigenvalue weighted by Crippen LogP contribution is -2.41. The predicted octanol–water partition coefficient (Wildman–Crippen LogP) is 1.10. The molecule has 2 unspecified atom stereocenters. The van der Waals surface area contributed by atoms with Gasteiger partial charge in [0.25, 0.3) is 0 Å². The summed E-state index contributed by atoms with van der Waals surface area (Å²) >= 11 is 0. The molecule has 1 aliphatic carbocycles. The Kier molecular flexibility index (Phi) is 3.26. The summed E-state index contributed by atoms with van der Waals surface area (Å²) in [5.41, 5.74) is 0. The van der Waals surface area contributed by atoms with Gasteiger partial charge in [-0.2, -0.15) is 0 Å². The van der Waals surface area contributed by atoms with Crippen molar-refractivity contribution in [3.05, 3.63) is 0 Å². The third-order valence-corrected chi connectivity index (χ3v) is 3.76. The Morgan fingerprint density at radius 1 is 1.35 bits per heavy atom. The number of amides is 2. The Bertz CT molecular complexity index is 328. The maximum atomic E-state index is 12.1. The van der Waals surface area contributed by atoms with Gasteiger partial charge in [0.2, 0.25) is 0 Å². The Morgan fingerprint density at radius 2 is 2.00 bits per heavy atom. The van der Waals surface area contributed by atoms with Crippen LogP contribution in [-0.4, -0.2) is 53.6 Å². The second-order valence-electron chi connectivity index (χ2n) is 5.43. The molecule has 2 fully saturated rings. The van der Waals surface area contributed by atoms with Crippen LogP contribution >= 0.6 is 0 Å². The third kappa shape index (κ3) is 2.70. The first kappa shape index (κ1) is 12.2. The zero-order valence-corrected chi connectivity index (χ0v) is 10.4. The van der Waals surface area contributed by atoms with Crippen molar-refractivity contribution in [1.29, 1.82) is 0 Å². The van der Waals surface area contributed by atoms with Crippen molar-refractivity contribution in [2.75, 3.05) is 26.7 Å². The zero-order chi connectivity index (χ0) is 12.6. The summed E-state index contributed by atoms with van der Waals surface area (Å²) in [4.78, 5) is 26.5. The van der Waals surface area contributed by atoms with Crippen LogP contribution in [0, 0.1) is 17.8 Å². The summed E-state index contributed by atoms with van der Waals surface area (Å²) in [7, 11) is 1.80. The molecule has 5 nitrogen and oxygen atoms in total. The molecule has 5 heteroatoms. The van der Waals surface area contributed by atoms with E-state index in [9.17, 15) is 9.59 Å². The quantitative estimate of drug-likeness (QED) is 0.803. The molecule has 1 saturated carbocycles. The van der Waals surface area contributed by atoms with Crippen molar-refractivity contribution in [1.82, 2.24) is 9.80 Å². The van der Waals surface area contributed by atoms with Crippen molar-refractivity contribution in [3.8, 4) is 0 Å². The molecule has 1 aliphatic heterocycles. The number of nitrogens with zero attached hydrogens (tertiary/aromatic N) is 2. The molecule has 1 heterocycles. The van der Waals surface area contributed by atoms with Gasteiger partial charge in [-0.3, -0.25) is 4.79 Å². The minimum atomic E-state index is -0.794. The number of carbonyl (C=O) groups excluding carboxylic acids is 1. The molecule has 0 aromatic heterocycles. The fourth-order valence-corrected chi connectivity index (χ4v) is 2.45. The largest absolute Gasteiger partial charge is 0.481 e. The molecule has 2 atom stereocenters. The van der Waals surface area contributed by atoms with Crippen LogP contribution in [0.1, 0.15) is 19.8 Å². The molecule has 96 valence electrons. The third-order valence-electron chi connectivity index (χ3n) is 3.76. The van der Waals surface area contributed by atoms with E-state index in [1.165, 1.54) is 12.8 Å². The van der Waals surface area contributed by atoms with E-state index in [1.807, 2.05) is 6.92 Å². The van der Waals surface area contributed by atoms with Crippen LogP contribution in [0.2, 0.25) is 0 Å². The van der Waals surface area contributed by atoms with Gasteiger partial charge in [0.05, 0.1) is 5.92 Å². The monoisotopic (exact) mass is 240 g/mol. The SMILES string of the molecule is CC1CN(C(=O)N(C)CC2CC2)CC1C(=O)O. The highest BCUT2D eigenvalue weighted by atomic mass is 16.4. The Balaban J connectivity index is 1.89. The lowest BCUT2D eigenvalue weighted by molar-refractivity contribution is -0.142. The lowest BCUT2D eigenvalue weighted by atomic mass is 9.99. The van der Waals surface area contributed by atoms with Gasteiger partial charge in [0.1, 0.15) is 0 Å². The number of hydrogen-bond donors (Lipinski definition) is 1. The molecule has 2 rings (SSSR count). The lowest BCUT2D eigenvalue weighted by Gasteiger charge is -2.24. The molecule has 0 spiro atoms. The number of carboxylic acids is 1. The van der Waals surface area contributed by atoms with Crippen LogP contribution in [0.3, 0.4) is 0 Å². The van der Waals surface area contributed by atoms with Crippen LogP contribution in [0.25, 0.3) is 0 Å². The maximum Gasteiger partial charge on any atom is 0.319 e. The van der Waals surface area contributed by atoms with Gasteiger partial charge in [-0.15, -0.1) is 0 Å². The minimum absolute atomic E-state index is 0.0208. The van der Waals surface area contributed by atoms with E-state index in [-0.39, 0.29) is 11.9 Å². The van der Waals surface area contributed by atoms with E-state index >= 15 is 0 Å². The molecule has 1 saturated heterocycles. The van der Waals surface area contributed by atoms with Gasteiger partial charge in [-0.25, -0.2) is 4.79 Å².